The van der Waals surface area contributed by atoms with Crippen LogP contribution in [0, 0.1) is 6.92 Å². The molecule has 1 amide bonds. The average Bonchev–Trinajstić information content (AvgIpc) is 2.51. The van der Waals surface area contributed by atoms with Gasteiger partial charge in [-0.25, -0.2) is 9.59 Å². The largest absolute Gasteiger partial charge is 0.478 e. The van der Waals surface area contributed by atoms with Gasteiger partial charge in [-0.1, -0.05) is 0 Å². The van der Waals surface area contributed by atoms with Gasteiger partial charge >= 0.3 is 12.1 Å². The fourth-order valence-corrected chi connectivity index (χ4v) is 2.33. The van der Waals surface area contributed by atoms with Crippen LogP contribution in [0.25, 0.3) is 11.1 Å². The molecule has 0 saturated heterocycles. The van der Waals surface area contributed by atoms with Gasteiger partial charge in [-0.3, -0.25) is 4.98 Å². The lowest BCUT2D eigenvalue weighted by Crippen LogP contribution is -2.32. The van der Waals surface area contributed by atoms with Crippen molar-refractivity contribution in [2.24, 2.45) is 0 Å². The van der Waals surface area contributed by atoms with E-state index in [1.54, 1.807) is 39.2 Å². The molecule has 0 aliphatic heterocycles. The molecule has 0 aliphatic rings. The first kappa shape index (κ1) is 18.4. The molecular formula is C19H22N2O4. The van der Waals surface area contributed by atoms with Crippen LogP contribution in [0.5, 0.6) is 0 Å². The summed E-state index contributed by atoms with van der Waals surface area (Å²) in [6, 6.07) is 6.84. The van der Waals surface area contributed by atoms with Crippen molar-refractivity contribution in [3.8, 4) is 11.1 Å². The van der Waals surface area contributed by atoms with Crippen molar-refractivity contribution >= 4 is 12.1 Å². The zero-order chi connectivity index (χ0) is 18.6. The van der Waals surface area contributed by atoms with Gasteiger partial charge in [0, 0.05) is 24.5 Å². The zero-order valence-electron chi connectivity index (χ0n) is 14.8. The van der Waals surface area contributed by atoms with Gasteiger partial charge in [-0.05, 0) is 68.7 Å². The Kier molecular flexibility index (Phi) is 5.41. The fraction of sp³-hybridized carbons (Fsp3) is 0.316. The van der Waals surface area contributed by atoms with Gasteiger partial charge in [0.05, 0.1) is 5.56 Å². The van der Waals surface area contributed by atoms with E-state index in [9.17, 15) is 14.7 Å². The normalized spacial score (nSPS) is 11.0. The number of carboxylic acids is 1. The second kappa shape index (κ2) is 7.34. The second-order valence-corrected chi connectivity index (χ2v) is 6.77. The number of pyridine rings is 1. The molecule has 0 spiro atoms. The number of rotatable bonds is 4. The van der Waals surface area contributed by atoms with Gasteiger partial charge in [0.25, 0.3) is 0 Å². The highest BCUT2D eigenvalue weighted by atomic mass is 16.6. The van der Waals surface area contributed by atoms with Crippen molar-refractivity contribution in [3.05, 3.63) is 53.3 Å². The van der Waals surface area contributed by atoms with Gasteiger partial charge in [-0.2, -0.15) is 0 Å². The van der Waals surface area contributed by atoms with Crippen LogP contribution in [0.4, 0.5) is 4.79 Å². The van der Waals surface area contributed by atoms with E-state index in [4.69, 9.17) is 4.74 Å². The highest BCUT2D eigenvalue weighted by Crippen LogP contribution is 2.25. The number of aromatic nitrogens is 1. The maximum absolute atomic E-state index is 11.8. The van der Waals surface area contributed by atoms with E-state index in [0.717, 1.165) is 16.7 Å². The van der Waals surface area contributed by atoms with Crippen molar-refractivity contribution in [3.63, 3.8) is 0 Å². The third-order valence-electron chi connectivity index (χ3n) is 3.43. The molecule has 0 bridgehead atoms. The molecule has 0 unspecified atom stereocenters. The first-order chi connectivity index (χ1) is 11.7. The van der Waals surface area contributed by atoms with Crippen LogP contribution in [-0.4, -0.2) is 27.8 Å². The standard InChI is InChI=1S/C19H22N2O4/c1-12-5-6-20-11-16(12)14-7-13(8-15(9-14)17(22)23)10-21-18(24)25-19(2,3)4/h5-9,11H,10H2,1-4H3,(H,21,24)(H,22,23). The summed E-state index contributed by atoms with van der Waals surface area (Å²) in [6.07, 6.45) is 2.83. The first-order valence-corrected chi connectivity index (χ1v) is 7.91. The zero-order valence-corrected chi connectivity index (χ0v) is 14.8. The average molecular weight is 342 g/mol. The van der Waals surface area contributed by atoms with Gasteiger partial charge in [0.2, 0.25) is 0 Å². The van der Waals surface area contributed by atoms with Crippen molar-refractivity contribution in [2.75, 3.05) is 0 Å². The number of carboxylic acid groups (broad SMARTS) is 1. The minimum absolute atomic E-state index is 0.154. The SMILES string of the molecule is Cc1ccncc1-c1cc(CNC(=O)OC(C)(C)C)cc(C(=O)O)c1. The lowest BCUT2D eigenvalue weighted by Gasteiger charge is -2.19. The third-order valence-corrected chi connectivity index (χ3v) is 3.43. The fourth-order valence-electron chi connectivity index (χ4n) is 2.33. The Morgan fingerprint density at radius 3 is 2.56 bits per heavy atom. The van der Waals surface area contributed by atoms with Gasteiger partial charge in [-0.15, -0.1) is 0 Å². The van der Waals surface area contributed by atoms with Crippen LogP contribution in [0.15, 0.2) is 36.7 Å². The van der Waals surface area contributed by atoms with Gasteiger partial charge in [0.1, 0.15) is 5.60 Å². The number of carbonyl (C=O) groups is 2. The number of hydrogen-bond acceptors (Lipinski definition) is 4. The Balaban J connectivity index is 2.28. The molecule has 0 fully saturated rings. The van der Waals surface area contributed by atoms with Crippen molar-refractivity contribution in [1.29, 1.82) is 0 Å². The van der Waals surface area contributed by atoms with Crippen molar-refractivity contribution in [1.82, 2.24) is 10.3 Å². The molecule has 0 saturated carbocycles. The number of carbonyl (C=O) groups excluding carboxylic acids is 1. The number of ether oxygens (including phenoxy) is 1. The van der Waals surface area contributed by atoms with E-state index in [1.807, 2.05) is 19.1 Å². The Labute approximate surface area is 146 Å². The van der Waals surface area contributed by atoms with Gasteiger partial charge < -0.3 is 15.2 Å². The van der Waals surface area contributed by atoms with Crippen LogP contribution in [0.1, 0.15) is 42.3 Å². The molecule has 0 radical (unpaired) electrons. The lowest BCUT2D eigenvalue weighted by molar-refractivity contribution is 0.0523. The molecule has 1 aromatic carbocycles. The van der Waals surface area contributed by atoms with Crippen LogP contribution in [-0.2, 0) is 11.3 Å². The molecule has 6 heteroatoms. The summed E-state index contributed by atoms with van der Waals surface area (Å²) in [4.78, 5) is 27.3. The molecule has 132 valence electrons. The molecule has 2 N–H and O–H groups in total. The Morgan fingerprint density at radius 2 is 1.96 bits per heavy atom. The molecule has 6 nitrogen and oxygen atoms in total. The third kappa shape index (κ3) is 5.31. The molecule has 0 atom stereocenters. The smallest absolute Gasteiger partial charge is 0.407 e. The summed E-state index contributed by atoms with van der Waals surface area (Å²) in [7, 11) is 0. The number of aromatic carboxylic acids is 1. The van der Waals surface area contributed by atoms with Crippen LogP contribution >= 0.6 is 0 Å². The van der Waals surface area contributed by atoms with Crippen LogP contribution in [0.2, 0.25) is 0 Å². The van der Waals surface area contributed by atoms with E-state index >= 15 is 0 Å². The number of amides is 1. The highest BCUT2D eigenvalue weighted by molar-refractivity contribution is 5.90. The number of benzene rings is 1. The number of hydrogen-bond donors (Lipinski definition) is 2. The minimum Gasteiger partial charge on any atom is -0.478 e. The Bertz CT molecular complexity index is 794. The summed E-state index contributed by atoms with van der Waals surface area (Å²) in [6.45, 7) is 7.44. The number of nitrogens with zero attached hydrogens (tertiary/aromatic N) is 1. The Hall–Kier alpha value is -2.89. The first-order valence-electron chi connectivity index (χ1n) is 7.91. The summed E-state index contributed by atoms with van der Waals surface area (Å²) in [5, 5.41) is 12.0. The quantitative estimate of drug-likeness (QED) is 0.883. The molecule has 25 heavy (non-hydrogen) atoms. The second-order valence-electron chi connectivity index (χ2n) is 6.77. The summed E-state index contributed by atoms with van der Waals surface area (Å²) >= 11 is 0. The predicted octanol–water partition coefficient (Wildman–Crippen LogP) is 3.78. The summed E-state index contributed by atoms with van der Waals surface area (Å²) in [5.41, 5.74) is 2.82. The monoisotopic (exact) mass is 342 g/mol. The molecule has 1 heterocycles. The number of alkyl carbamates (subject to hydrolysis) is 1. The van der Waals surface area contributed by atoms with Crippen LogP contribution < -0.4 is 5.32 Å². The van der Waals surface area contributed by atoms with E-state index in [2.05, 4.69) is 10.3 Å². The van der Waals surface area contributed by atoms with Crippen LogP contribution in [0.3, 0.4) is 0 Å². The van der Waals surface area contributed by atoms with Gasteiger partial charge in [0.15, 0.2) is 0 Å². The molecule has 0 aliphatic carbocycles. The maximum Gasteiger partial charge on any atom is 0.407 e. The number of nitrogens with one attached hydrogen (secondary N) is 1. The van der Waals surface area contributed by atoms with Crippen molar-refractivity contribution in [2.45, 2.75) is 39.8 Å². The van der Waals surface area contributed by atoms with E-state index in [1.165, 1.54) is 6.07 Å². The van der Waals surface area contributed by atoms with E-state index < -0.39 is 17.7 Å². The molecule has 2 rings (SSSR count). The highest BCUT2D eigenvalue weighted by Gasteiger charge is 2.16. The molecular weight excluding hydrogens is 320 g/mol. The maximum atomic E-state index is 11.8. The molecule has 1 aromatic heterocycles. The summed E-state index contributed by atoms with van der Waals surface area (Å²) < 4.78 is 5.19. The Morgan fingerprint density at radius 1 is 1.24 bits per heavy atom. The molecule has 2 aromatic rings. The number of aryl methyl sites for hydroxylation is 1. The van der Waals surface area contributed by atoms with Crippen molar-refractivity contribution < 1.29 is 19.4 Å². The lowest BCUT2D eigenvalue weighted by atomic mass is 9.98. The minimum atomic E-state index is -1.03. The summed E-state index contributed by atoms with van der Waals surface area (Å²) in [5.74, 6) is -1.03. The van der Waals surface area contributed by atoms with E-state index in [0.29, 0.717) is 5.56 Å². The topological polar surface area (TPSA) is 88.5 Å². The van der Waals surface area contributed by atoms with E-state index in [-0.39, 0.29) is 12.1 Å². The predicted molar refractivity (Wildman–Crippen MR) is 94.4 cm³/mol.